The number of hydrogen-bond donors (Lipinski definition) is 1. The molecule has 1 aliphatic rings. The molecule has 1 aliphatic carbocycles. The Morgan fingerprint density at radius 3 is 2.48 bits per heavy atom. The van der Waals surface area contributed by atoms with Gasteiger partial charge in [-0.25, -0.2) is 8.78 Å². The topological polar surface area (TPSA) is 21.3 Å². The van der Waals surface area contributed by atoms with Crippen molar-refractivity contribution in [3.05, 3.63) is 35.4 Å². The second kappa shape index (κ2) is 7.32. The Hall–Kier alpha value is -1.00. The third kappa shape index (κ3) is 4.01. The number of ether oxygens (including phenoxy) is 1. The molecule has 0 aromatic heterocycles. The van der Waals surface area contributed by atoms with Crippen LogP contribution in [0.5, 0.6) is 0 Å². The summed E-state index contributed by atoms with van der Waals surface area (Å²) < 4.78 is 32.1. The van der Waals surface area contributed by atoms with Gasteiger partial charge < -0.3 is 10.1 Å². The fourth-order valence-electron chi connectivity index (χ4n) is 3.50. The zero-order valence-corrected chi connectivity index (χ0v) is 12.9. The minimum absolute atomic E-state index is 0.128. The van der Waals surface area contributed by atoms with E-state index in [1.807, 2.05) is 0 Å². The first-order chi connectivity index (χ1) is 10.1. The fourth-order valence-corrected chi connectivity index (χ4v) is 3.50. The van der Waals surface area contributed by atoms with Crippen molar-refractivity contribution in [3.63, 3.8) is 0 Å². The zero-order valence-electron chi connectivity index (χ0n) is 12.9. The second-order valence-electron chi connectivity index (χ2n) is 6.17. The maximum atomic E-state index is 13.5. The average Bonchev–Trinajstić information content (AvgIpc) is 2.39. The number of hydrogen-bond acceptors (Lipinski definition) is 2. The van der Waals surface area contributed by atoms with Gasteiger partial charge in [0.1, 0.15) is 11.6 Å². The van der Waals surface area contributed by atoms with E-state index in [2.05, 4.69) is 12.2 Å². The molecule has 0 spiro atoms. The fraction of sp³-hybridized carbons (Fsp3) is 0.647. The van der Waals surface area contributed by atoms with E-state index in [-0.39, 0.29) is 5.41 Å². The lowest BCUT2D eigenvalue weighted by Crippen LogP contribution is -2.49. The van der Waals surface area contributed by atoms with Crippen LogP contribution >= 0.6 is 0 Å². The molecule has 0 saturated heterocycles. The number of nitrogens with one attached hydrogen (secondary N) is 1. The molecular formula is C17H25F2NO. The van der Waals surface area contributed by atoms with E-state index in [0.29, 0.717) is 12.5 Å². The Morgan fingerprint density at radius 2 is 1.90 bits per heavy atom. The molecule has 0 bridgehead atoms. The van der Waals surface area contributed by atoms with Crippen molar-refractivity contribution in [1.29, 1.82) is 0 Å². The van der Waals surface area contributed by atoms with Crippen LogP contribution in [0.3, 0.4) is 0 Å². The Morgan fingerprint density at radius 1 is 1.24 bits per heavy atom. The summed E-state index contributed by atoms with van der Waals surface area (Å²) in [5, 5.41) is 3.36. The summed E-state index contributed by atoms with van der Waals surface area (Å²) in [7, 11) is 1.67. The highest BCUT2D eigenvalue weighted by Gasteiger charge is 2.44. The van der Waals surface area contributed by atoms with Crippen molar-refractivity contribution in [2.75, 3.05) is 26.8 Å². The minimum atomic E-state index is -0.486. The first-order valence-corrected chi connectivity index (χ1v) is 7.76. The summed E-state index contributed by atoms with van der Waals surface area (Å²) in [4.78, 5) is 0. The van der Waals surface area contributed by atoms with Crippen molar-refractivity contribution in [1.82, 2.24) is 5.32 Å². The molecule has 118 valence electrons. The van der Waals surface area contributed by atoms with Crippen molar-refractivity contribution in [2.45, 2.75) is 38.0 Å². The molecule has 1 aromatic carbocycles. The average molecular weight is 297 g/mol. The smallest absolute Gasteiger partial charge is 0.126 e. The monoisotopic (exact) mass is 297 g/mol. The van der Waals surface area contributed by atoms with Crippen LogP contribution in [0.1, 0.15) is 38.2 Å². The van der Waals surface area contributed by atoms with Gasteiger partial charge in [0.2, 0.25) is 0 Å². The molecule has 0 amide bonds. The number of rotatable bonds is 8. The van der Waals surface area contributed by atoms with Crippen molar-refractivity contribution < 1.29 is 13.5 Å². The van der Waals surface area contributed by atoms with Gasteiger partial charge in [-0.05, 0) is 36.5 Å². The summed E-state index contributed by atoms with van der Waals surface area (Å²) in [5.41, 5.74) is 0.661. The minimum Gasteiger partial charge on any atom is -0.383 e. The summed E-state index contributed by atoms with van der Waals surface area (Å²) in [6.45, 7) is 4.33. The third-order valence-corrected chi connectivity index (χ3v) is 4.48. The van der Waals surface area contributed by atoms with E-state index in [1.165, 1.54) is 18.6 Å². The van der Waals surface area contributed by atoms with E-state index in [4.69, 9.17) is 4.74 Å². The van der Waals surface area contributed by atoms with Gasteiger partial charge in [0.05, 0.1) is 6.61 Å². The van der Waals surface area contributed by atoms with Gasteiger partial charge in [-0.3, -0.25) is 0 Å². The standard InChI is InChI=1S/C17H25F2NO/c1-3-4-13-10-17(11-13,12-20-5-6-21-2)14-7-15(18)9-16(19)8-14/h7-9,13,20H,3-6,10-12H2,1-2H3. The third-order valence-electron chi connectivity index (χ3n) is 4.48. The molecule has 1 fully saturated rings. The second-order valence-corrected chi connectivity index (χ2v) is 6.17. The van der Waals surface area contributed by atoms with E-state index in [9.17, 15) is 8.78 Å². The van der Waals surface area contributed by atoms with Crippen LogP contribution in [0.2, 0.25) is 0 Å². The molecule has 1 saturated carbocycles. The predicted molar refractivity (Wildman–Crippen MR) is 80.4 cm³/mol. The number of benzene rings is 1. The molecule has 1 N–H and O–H groups in total. The molecular weight excluding hydrogens is 272 g/mol. The molecule has 4 heteroatoms. The van der Waals surface area contributed by atoms with Crippen molar-refractivity contribution in [3.8, 4) is 0 Å². The van der Waals surface area contributed by atoms with E-state index in [0.717, 1.165) is 44.0 Å². The molecule has 0 atom stereocenters. The summed E-state index contributed by atoms with van der Waals surface area (Å²) >= 11 is 0. The van der Waals surface area contributed by atoms with Crippen LogP contribution < -0.4 is 5.32 Å². The Labute approximate surface area is 125 Å². The predicted octanol–water partition coefficient (Wildman–Crippen LogP) is 3.65. The van der Waals surface area contributed by atoms with Crippen LogP contribution in [-0.2, 0) is 10.2 Å². The molecule has 2 nitrogen and oxygen atoms in total. The van der Waals surface area contributed by atoms with Gasteiger partial charge in [-0.1, -0.05) is 19.8 Å². The highest BCUT2D eigenvalue weighted by Crippen LogP contribution is 2.49. The van der Waals surface area contributed by atoms with E-state index >= 15 is 0 Å². The zero-order chi connectivity index (χ0) is 15.3. The Balaban J connectivity index is 2.09. The first-order valence-electron chi connectivity index (χ1n) is 7.76. The maximum Gasteiger partial charge on any atom is 0.126 e. The van der Waals surface area contributed by atoms with Crippen molar-refractivity contribution >= 4 is 0 Å². The molecule has 0 aliphatic heterocycles. The lowest BCUT2D eigenvalue weighted by molar-refractivity contribution is 0.123. The molecule has 0 unspecified atom stereocenters. The normalized spacial score (nSPS) is 24.9. The summed E-state index contributed by atoms with van der Waals surface area (Å²) in [5.74, 6) is -0.300. The molecule has 0 heterocycles. The quantitative estimate of drug-likeness (QED) is 0.740. The van der Waals surface area contributed by atoms with Gasteiger partial charge >= 0.3 is 0 Å². The maximum absolute atomic E-state index is 13.5. The van der Waals surface area contributed by atoms with Gasteiger partial charge in [0.15, 0.2) is 0 Å². The lowest BCUT2D eigenvalue weighted by atomic mass is 9.57. The summed E-state index contributed by atoms with van der Waals surface area (Å²) in [6, 6.07) is 3.92. The van der Waals surface area contributed by atoms with E-state index < -0.39 is 11.6 Å². The molecule has 1 aromatic rings. The van der Waals surface area contributed by atoms with Crippen LogP contribution in [0.4, 0.5) is 8.78 Å². The lowest BCUT2D eigenvalue weighted by Gasteiger charge is -2.49. The Kier molecular flexibility index (Phi) is 5.71. The first kappa shape index (κ1) is 16.4. The van der Waals surface area contributed by atoms with Crippen molar-refractivity contribution in [2.24, 2.45) is 5.92 Å². The Bertz CT molecular complexity index is 438. The van der Waals surface area contributed by atoms with E-state index in [1.54, 1.807) is 7.11 Å². The van der Waals surface area contributed by atoms with Gasteiger partial charge in [0, 0.05) is 31.7 Å². The van der Waals surface area contributed by atoms with Crippen LogP contribution in [0.25, 0.3) is 0 Å². The largest absolute Gasteiger partial charge is 0.383 e. The molecule has 0 radical (unpaired) electrons. The number of halogens is 2. The highest BCUT2D eigenvalue weighted by atomic mass is 19.1. The van der Waals surface area contributed by atoms with Crippen LogP contribution in [0.15, 0.2) is 18.2 Å². The molecule has 21 heavy (non-hydrogen) atoms. The van der Waals surface area contributed by atoms with Gasteiger partial charge in [0.25, 0.3) is 0 Å². The van der Waals surface area contributed by atoms with Crippen LogP contribution in [0, 0.1) is 17.6 Å². The SMILES string of the molecule is CCCC1CC(CNCCOC)(c2cc(F)cc(F)c2)C1. The molecule has 2 rings (SSSR count). The number of methoxy groups -OCH3 is 1. The van der Waals surface area contributed by atoms with Gasteiger partial charge in [-0.15, -0.1) is 0 Å². The van der Waals surface area contributed by atoms with Gasteiger partial charge in [-0.2, -0.15) is 0 Å². The van der Waals surface area contributed by atoms with Crippen LogP contribution in [-0.4, -0.2) is 26.8 Å². The highest BCUT2D eigenvalue weighted by molar-refractivity contribution is 5.31. The summed E-state index contributed by atoms with van der Waals surface area (Å²) in [6.07, 6.45) is 4.36.